The molecule has 0 spiro atoms. The van der Waals surface area contributed by atoms with Crippen LogP contribution in [0.5, 0.6) is 0 Å². The van der Waals surface area contributed by atoms with Gasteiger partial charge in [0.25, 0.3) is 0 Å². The minimum atomic E-state index is 0.257. The Labute approximate surface area is 132 Å². The molecule has 3 nitrogen and oxygen atoms in total. The lowest BCUT2D eigenvalue weighted by molar-refractivity contribution is 0.0839. The van der Waals surface area contributed by atoms with Crippen LogP contribution in [0.2, 0.25) is 0 Å². The van der Waals surface area contributed by atoms with Gasteiger partial charge in [0.2, 0.25) is 0 Å². The maximum atomic E-state index is 12.9. The zero-order valence-corrected chi connectivity index (χ0v) is 13.9. The number of aromatic nitrogens is 1. The molecule has 1 aliphatic heterocycles. The number of piperidine rings is 1. The number of hydrogen-bond acceptors (Lipinski definition) is 2. The number of carbonyl (C=O) groups excluding carboxylic acids is 1. The first-order valence-electron chi connectivity index (χ1n) is 8.46. The van der Waals surface area contributed by atoms with Crippen LogP contribution >= 0.6 is 0 Å². The van der Waals surface area contributed by atoms with Crippen LogP contribution in [0.25, 0.3) is 10.9 Å². The first kappa shape index (κ1) is 15.3. The highest BCUT2D eigenvalue weighted by Crippen LogP contribution is 2.25. The number of benzene rings is 1. The molecule has 0 aliphatic carbocycles. The van der Waals surface area contributed by atoms with Crippen LogP contribution in [0.1, 0.15) is 54.2 Å². The Hall–Kier alpha value is -1.61. The van der Waals surface area contributed by atoms with Crippen LogP contribution in [0.4, 0.5) is 0 Å². The SMILES string of the molecule is CC[C@H]1CCCCN1CC(=O)c1c(C)[nH]c2cc(C)ccc12. The van der Waals surface area contributed by atoms with Crippen molar-refractivity contribution in [1.82, 2.24) is 9.88 Å². The molecular formula is C19H26N2O. The van der Waals surface area contributed by atoms with E-state index in [1.54, 1.807) is 0 Å². The summed E-state index contributed by atoms with van der Waals surface area (Å²) in [6.45, 7) is 7.94. The highest BCUT2D eigenvalue weighted by Gasteiger charge is 2.25. The minimum Gasteiger partial charge on any atom is -0.358 e. The number of carbonyl (C=O) groups is 1. The Kier molecular flexibility index (Phi) is 4.34. The van der Waals surface area contributed by atoms with Gasteiger partial charge in [-0.1, -0.05) is 25.5 Å². The summed E-state index contributed by atoms with van der Waals surface area (Å²) in [5.74, 6) is 0.257. The topological polar surface area (TPSA) is 36.1 Å². The van der Waals surface area contributed by atoms with Crippen LogP contribution < -0.4 is 0 Å². The van der Waals surface area contributed by atoms with Gasteiger partial charge in [0.05, 0.1) is 6.54 Å². The highest BCUT2D eigenvalue weighted by atomic mass is 16.1. The van der Waals surface area contributed by atoms with E-state index in [4.69, 9.17) is 0 Å². The molecule has 1 fully saturated rings. The molecule has 3 heteroatoms. The molecule has 22 heavy (non-hydrogen) atoms. The molecule has 1 aliphatic rings. The number of nitrogens with zero attached hydrogens (tertiary/aromatic N) is 1. The average molecular weight is 298 g/mol. The van der Waals surface area contributed by atoms with E-state index in [0.717, 1.165) is 35.1 Å². The number of aryl methyl sites for hydroxylation is 2. The van der Waals surface area contributed by atoms with E-state index in [1.165, 1.54) is 24.8 Å². The Balaban J connectivity index is 1.87. The zero-order chi connectivity index (χ0) is 15.7. The fourth-order valence-electron chi connectivity index (χ4n) is 3.80. The zero-order valence-electron chi connectivity index (χ0n) is 13.9. The van der Waals surface area contributed by atoms with Crippen molar-refractivity contribution < 1.29 is 4.79 Å². The third kappa shape index (κ3) is 2.82. The predicted molar refractivity (Wildman–Crippen MR) is 91.6 cm³/mol. The maximum absolute atomic E-state index is 12.9. The Morgan fingerprint density at radius 3 is 2.91 bits per heavy atom. The fraction of sp³-hybridized carbons (Fsp3) is 0.526. The van der Waals surface area contributed by atoms with Crippen molar-refractivity contribution in [1.29, 1.82) is 0 Å². The van der Waals surface area contributed by atoms with Crippen molar-refractivity contribution >= 4 is 16.7 Å². The third-order valence-electron chi connectivity index (χ3n) is 4.99. The molecule has 0 radical (unpaired) electrons. The number of fused-ring (bicyclic) bond motifs is 1. The van der Waals surface area contributed by atoms with Gasteiger partial charge in [0, 0.05) is 28.2 Å². The van der Waals surface area contributed by atoms with Gasteiger partial charge >= 0.3 is 0 Å². The van der Waals surface area contributed by atoms with Gasteiger partial charge in [-0.15, -0.1) is 0 Å². The number of ketones is 1. The Morgan fingerprint density at radius 1 is 1.32 bits per heavy atom. The maximum Gasteiger partial charge on any atom is 0.179 e. The number of hydrogen-bond donors (Lipinski definition) is 1. The van der Waals surface area contributed by atoms with E-state index in [9.17, 15) is 4.79 Å². The van der Waals surface area contributed by atoms with Crippen LogP contribution in [-0.2, 0) is 0 Å². The quantitative estimate of drug-likeness (QED) is 0.857. The van der Waals surface area contributed by atoms with Gasteiger partial charge < -0.3 is 4.98 Å². The minimum absolute atomic E-state index is 0.257. The van der Waals surface area contributed by atoms with Crippen molar-refractivity contribution in [3.8, 4) is 0 Å². The normalized spacial score (nSPS) is 19.7. The number of nitrogens with one attached hydrogen (secondary N) is 1. The number of likely N-dealkylation sites (tertiary alicyclic amines) is 1. The molecule has 1 saturated heterocycles. The monoisotopic (exact) mass is 298 g/mol. The van der Waals surface area contributed by atoms with E-state index >= 15 is 0 Å². The van der Waals surface area contributed by atoms with Crippen molar-refractivity contribution in [2.45, 2.75) is 52.5 Å². The summed E-state index contributed by atoms with van der Waals surface area (Å²) in [5, 5.41) is 1.07. The average Bonchev–Trinajstić information content (AvgIpc) is 2.82. The van der Waals surface area contributed by atoms with Crippen molar-refractivity contribution in [2.24, 2.45) is 0 Å². The van der Waals surface area contributed by atoms with E-state index in [0.29, 0.717) is 12.6 Å². The van der Waals surface area contributed by atoms with E-state index in [-0.39, 0.29) is 5.78 Å². The van der Waals surface area contributed by atoms with Gasteiger partial charge in [-0.05, 0) is 51.3 Å². The van der Waals surface area contributed by atoms with Crippen molar-refractivity contribution in [3.05, 3.63) is 35.0 Å². The second kappa shape index (κ2) is 6.25. The van der Waals surface area contributed by atoms with E-state index in [2.05, 4.69) is 41.9 Å². The van der Waals surface area contributed by atoms with Crippen molar-refractivity contribution in [3.63, 3.8) is 0 Å². The molecule has 1 atom stereocenters. The Bertz CT molecular complexity index is 686. The molecule has 1 aromatic heterocycles. The summed E-state index contributed by atoms with van der Waals surface area (Å²) in [7, 11) is 0. The number of rotatable bonds is 4. The summed E-state index contributed by atoms with van der Waals surface area (Å²) in [6, 6.07) is 6.86. The van der Waals surface area contributed by atoms with E-state index in [1.807, 2.05) is 6.92 Å². The summed E-state index contributed by atoms with van der Waals surface area (Å²) in [4.78, 5) is 18.7. The highest BCUT2D eigenvalue weighted by molar-refractivity contribution is 6.10. The largest absolute Gasteiger partial charge is 0.358 e. The standard InChI is InChI=1S/C19H26N2O/c1-4-15-7-5-6-10-21(15)12-18(22)19-14(3)20-17-11-13(2)8-9-16(17)19/h8-9,11,15,20H,4-7,10,12H2,1-3H3/t15-/m0/s1. The first-order valence-corrected chi connectivity index (χ1v) is 8.46. The predicted octanol–water partition coefficient (Wildman–Crippen LogP) is 4.23. The lowest BCUT2D eigenvalue weighted by Gasteiger charge is -2.34. The van der Waals surface area contributed by atoms with Gasteiger partial charge in [0.1, 0.15) is 0 Å². The molecule has 0 saturated carbocycles. The molecule has 1 aromatic carbocycles. The smallest absolute Gasteiger partial charge is 0.179 e. The van der Waals surface area contributed by atoms with Gasteiger partial charge in [-0.3, -0.25) is 9.69 Å². The van der Waals surface area contributed by atoms with Gasteiger partial charge in [0.15, 0.2) is 5.78 Å². The molecule has 0 unspecified atom stereocenters. The second-order valence-electron chi connectivity index (χ2n) is 6.63. The van der Waals surface area contributed by atoms with Crippen LogP contribution in [-0.4, -0.2) is 34.8 Å². The van der Waals surface area contributed by atoms with Crippen LogP contribution in [0.3, 0.4) is 0 Å². The Morgan fingerprint density at radius 2 is 2.14 bits per heavy atom. The molecule has 2 heterocycles. The van der Waals surface area contributed by atoms with Gasteiger partial charge in [-0.2, -0.15) is 0 Å². The van der Waals surface area contributed by atoms with Crippen LogP contribution in [0.15, 0.2) is 18.2 Å². The molecular weight excluding hydrogens is 272 g/mol. The first-order chi connectivity index (χ1) is 10.6. The van der Waals surface area contributed by atoms with Gasteiger partial charge in [-0.25, -0.2) is 0 Å². The number of H-pyrrole nitrogens is 1. The summed E-state index contributed by atoms with van der Waals surface area (Å²) in [5.41, 5.74) is 4.17. The van der Waals surface area contributed by atoms with Crippen molar-refractivity contribution in [2.75, 3.05) is 13.1 Å². The molecule has 1 N–H and O–H groups in total. The summed E-state index contributed by atoms with van der Waals surface area (Å²) in [6.07, 6.45) is 4.89. The summed E-state index contributed by atoms with van der Waals surface area (Å²) < 4.78 is 0. The van der Waals surface area contributed by atoms with E-state index < -0.39 is 0 Å². The lowest BCUT2D eigenvalue weighted by Crippen LogP contribution is -2.42. The molecule has 3 rings (SSSR count). The molecule has 118 valence electrons. The second-order valence-corrected chi connectivity index (χ2v) is 6.63. The number of aromatic amines is 1. The third-order valence-corrected chi connectivity index (χ3v) is 4.99. The molecule has 2 aromatic rings. The number of Topliss-reactive ketones (excluding diaryl/α,β-unsaturated/α-hetero) is 1. The lowest BCUT2D eigenvalue weighted by atomic mass is 9.98. The summed E-state index contributed by atoms with van der Waals surface area (Å²) >= 11 is 0. The molecule has 0 amide bonds. The molecule has 0 bridgehead atoms. The fourth-order valence-corrected chi connectivity index (χ4v) is 3.80. The van der Waals surface area contributed by atoms with Crippen LogP contribution in [0, 0.1) is 13.8 Å².